The zero-order chi connectivity index (χ0) is 19.5. The summed E-state index contributed by atoms with van der Waals surface area (Å²) in [4.78, 5) is 32.2. The molecule has 2 aromatic rings. The second-order valence-corrected chi connectivity index (χ2v) is 7.29. The number of aromatic nitrogens is 2. The van der Waals surface area contributed by atoms with Gasteiger partial charge >= 0.3 is 0 Å². The smallest absolute Gasteiger partial charge is 0.260 e. The van der Waals surface area contributed by atoms with E-state index in [1.54, 1.807) is 28.9 Å². The van der Waals surface area contributed by atoms with Crippen LogP contribution in [0.2, 0.25) is 0 Å². The van der Waals surface area contributed by atoms with Gasteiger partial charge in [0.1, 0.15) is 5.75 Å². The first-order valence-electron chi connectivity index (χ1n) is 9.71. The maximum atomic E-state index is 12.6. The minimum atomic E-state index is -0.0558. The Hall–Kier alpha value is -2.90. The Morgan fingerprint density at radius 1 is 1.25 bits per heavy atom. The first-order valence-corrected chi connectivity index (χ1v) is 9.71. The highest BCUT2D eigenvalue weighted by Crippen LogP contribution is 2.26. The number of hydrogen-bond donors (Lipinski definition) is 0. The molecule has 0 aliphatic carbocycles. The Labute approximate surface area is 163 Å². The van der Waals surface area contributed by atoms with Crippen molar-refractivity contribution in [1.29, 1.82) is 0 Å². The van der Waals surface area contributed by atoms with Crippen LogP contribution in [0.25, 0.3) is 0 Å². The maximum Gasteiger partial charge on any atom is 0.260 e. The third kappa shape index (κ3) is 4.00. The molecule has 1 aromatic carbocycles. The maximum absolute atomic E-state index is 12.6. The number of piperidine rings is 1. The number of ether oxygens (including phenoxy) is 1. The highest BCUT2D eigenvalue weighted by atomic mass is 16.5. The van der Waals surface area contributed by atoms with E-state index in [1.807, 2.05) is 12.1 Å². The van der Waals surface area contributed by atoms with E-state index in [0.717, 1.165) is 31.5 Å². The van der Waals surface area contributed by atoms with Crippen LogP contribution in [0, 0.1) is 6.92 Å². The predicted octanol–water partition coefficient (Wildman–Crippen LogP) is 2.29. The molecule has 0 saturated carbocycles. The van der Waals surface area contributed by atoms with E-state index in [4.69, 9.17) is 9.26 Å². The number of carbonyl (C=O) groups excluding carboxylic acids is 2. The first kappa shape index (κ1) is 18.5. The van der Waals surface area contributed by atoms with Crippen molar-refractivity contribution < 1.29 is 18.8 Å². The molecule has 8 nitrogen and oxygen atoms in total. The van der Waals surface area contributed by atoms with Gasteiger partial charge in [0.25, 0.3) is 5.91 Å². The van der Waals surface area contributed by atoms with Crippen molar-refractivity contribution in [2.24, 2.45) is 0 Å². The number of nitrogens with zero attached hydrogens (tertiary/aromatic N) is 4. The van der Waals surface area contributed by atoms with Crippen LogP contribution in [0.1, 0.15) is 43.3 Å². The molecule has 3 heterocycles. The molecule has 2 saturated heterocycles. The molecule has 2 aliphatic rings. The van der Waals surface area contributed by atoms with Crippen LogP contribution < -0.4 is 9.64 Å². The summed E-state index contributed by atoms with van der Waals surface area (Å²) in [6, 6.07) is 7.32. The lowest BCUT2D eigenvalue weighted by atomic mass is 9.98. The van der Waals surface area contributed by atoms with Crippen LogP contribution in [-0.4, -0.2) is 53.1 Å². The van der Waals surface area contributed by atoms with Gasteiger partial charge in [0.15, 0.2) is 12.4 Å². The van der Waals surface area contributed by atoms with E-state index in [9.17, 15) is 9.59 Å². The summed E-state index contributed by atoms with van der Waals surface area (Å²) >= 11 is 0. The van der Waals surface area contributed by atoms with Crippen molar-refractivity contribution in [3.05, 3.63) is 36.0 Å². The third-order valence-corrected chi connectivity index (χ3v) is 5.25. The van der Waals surface area contributed by atoms with Gasteiger partial charge in [0, 0.05) is 31.7 Å². The van der Waals surface area contributed by atoms with Crippen molar-refractivity contribution in [3.8, 4) is 5.75 Å². The molecule has 2 fully saturated rings. The number of benzene rings is 1. The molecule has 1 atom stereocenters. The number of aryl methyl sites for hydroxylation is 1. The number of likely N-dealkylation sites (tertiary alicyclic amines) is 1. The van der Waals surface area contributed by atoms with Gasteiger partial charge in [0.2, 0.25) is 11.8 Å². The van der Waals surface area contributed by atoms with Crippen LogP contribution in [-0.2, 0) is 9.59 Å². The average molecular weight is 384 g/mol. The second kappa shape index (κ2) is 8.00. The Bertz CT molecular complexity index is 848. The summed E-state index contributed by atoms with van der Waals surface area (Å²) in [7, 11) is 0. The third-order valence-electron chi connectivity index (χ3n) is 5.25. The summed E-state index contributed by atoms with van der Waals surface area (Å²) in [6.45, 7) is 3.81. The Balaban J connectivity index is 1.30. The van der Waals surface area contributed by atoms with Crippen molar-refractivity contribution >= 4 is 17.5 Å². The second-order valence-electron chi connectivity index (χ2n) is 7.29. The monoisotopic (exact) mass is 384 g/mol. The normalized spacial score (nSPS) is 19.9. The molecule has 0 N–H and O–H groups in total. The van der Waals surface area contributed by atoms with Gasteiger partial charge in [-0.3, -0.25) is 9.59 Å². The molecular weight excluding hydrogens is 360 g/mol. The molecular formula is C20H24N4O4. The Kier molecular flexibility index (Phi) is 5.27. The molecule has 2 aliphatic heterocycles. The fourth-order valence-corrected chi connectivity index (χ4v) is 3.76. The fraction of sp³-hybridized carbons (Fsp3) is 0.500. The molecule has 148 valence electrons. The minimum Gasteiger partial charge on any atom is -0.484 e. The van der Waals surface area contributed by atoms with Gasteiger partial charge in [-0.2, -0.15) is 4.98 Å². The Morgan fingerprint density at radius 3 is 2.75 bits per heavy atom. The van der Waals surface area contributed by atoms with Crippen molar-refractivity contribution in [1.82, 2.24) is 15.0 Å². The Morgan fingerprint density at radius 2 is 2.07 bits per heavy atom. The van der Waals surface area contributed by atoms with E-state index in [0.29, 0.717) is 37.0 Å². The van der Waals surface area contributed by atoms with Crippen LogP contribution in [0.5, 0.6) is 5.75 Å². The van der Waals surface area contributed by atoms with Crippen LogP contribution >= 0.6 is 0 Å². The number of rotatable bonds is 5. The number of anilines is 1. The summed E-state index contributed by atoms with van der Waals surface area (Å²) in [6.07, 6.45) is 3.33. The number of amides is 2. The van der Waals surface area contributed by atoms with Gasteiger partial charge in [-0.05, 0) is 50.5 Å². The van der Waals surface area contributed by atoms with E-state index >= 15 is 0 Å². The fourth-order valence-electron chi connectivity index (χ4n) is 3.76. The van der Waals surface area contributed by atoms with E-state index in [1.165, 1.54) is 0 Å². The summed E-state index contributed by atoms with van der Waals surface area (Å²) in [5.74, 6) is 2.00. The molecule has 28 heavy (non-hydrogen) atoms. The van der Waals surface area contributed by atoms with Crippen molar-refractivity contribution in [2.75, 3.05) is 31.1 Å². The number of carbonyl (C=O) groups is 2. The van der Waals surface area contributed by atoms with Gasteiger partial charge in [-0.25, -0.2) is 0 Å². The van der Waals surface area contributed by atoms with Crippen molar-refractivity contribution in [3.63, 3.8) is 0 Å². The van der Waals surface area contributed by atoms with Crippen LogP contribution in [0.4, 0.5) is 5.69 Å². The highest BCUT2D eigenvalue weighted by Gasteiger charge is 2.28. The van der Waals surface area contributed by atoms with Gasteiger partial charge < -0.3 is 19.1 Å². The quantitative estimate of drug-likeness (QED) is 0.786. The summed E-state index contributed by atoms with van der Waals surface area (Å²) in [5, 5.41) is 3.84. The zero-order valence-corrected chi connectivity index (χ0v) is 16.0. The molecule has 0 bridgehead atoms. The molecule has 1 aromatic heterocycles. The van der Waals surface area contributed by atoms with E-state index < -0.39 is 0 Å². The standard InChI is InChI=1S/C20H24N4O4/c1-14-21-20(28-22-14)15-4-2-10-23(12-15)19(26)13-27-17-8-6-16(7-9-17)24-11-3-5-18(24)25/h6-9,15H,2-5,10-13H2,1H3. The lowest BCUT2D eigenvalue weighted by Crippen LogP contribution is -2.41. The van der Waals surface area contributed by atoms with Crippen LogP contribution in [0.3, 0.4) is 0 Å². The SMILES string of the molecule is Cc1noc(C2CCCN(C(=O)COc3ccc(N4CCCC4=O)cc3)C2)n1. The summed E-state index contributed by atoms with van der Waals surface area (Å²) < 4.78 is 10.9. The largest absolute Gasteiger partial charge is 0.484 e. The lowest BCUT2D eigenvalue weighted by molar-refractivity contribution is -0.134. The van der Waals surface area contributed by atoms with E-state index in [2.05, 4.69) is 10.1 Å². The highest BCUT2D eigenvalue weighted by molar-refractivity contribution is 5.95. The molecule has 8 heteroatoms. The molecule has 1 unspecified atom stereocenters. The van der Waals surface area contributed by atoms with Gasteiger partial charge in [-0.1, -0.05) is 5.16 Å². The molecule has 0 radical (unpaired) electrons. The number of hydrogen-bond acceptors (Lipinski definition) is 6. The predicted molar refractivity (Wildman–Crippen MR) is 101 cm³/mol. The molecule has 2 amide bonds. The average Bonchev–Trinajstić information content (AvgIpc) is 3.35. The van der Waals surface area contributed by atoms with Crippen LogP contribution in [0.15, 0.2) is 28.8 Å². The van der Waals surface area contributed by atoms with Crippen molar-refractivity contribution in [2.45, 2.75) is 38.5 Å². The minimum absolute atomic E-state index is 0.0163. The zero-order valence-electron chi connectivity index (χ0n) is 16.0. The molecule has 0 spiro atoms. The van der Waals surface area contributed by atoms with E-state index in [-0.39, 0.29) is 24.3 Å². The topological polar surface area (TPSA) is 88.8 Å². The summed E-state index contributed by atoms with van der Waals surface area (Å²) in [5.41, 5.74) is 0.870. The molecule has 4 rings (SSSR count). The van der Waals surface area contributed by atoms with Gasteiger partial charge in [-0.15, -0.1) is 0 Å². The van der Waals surface area contributed by atoms with Gasteiger partial charge in [0.05, 0.1) is 5.92 Å². The first-order chi connectivity index (χ1) is 13.6. The lowest BCUT2D eigenvalue weighted by Gasteiger charge is -2.31.